The predicted molar refractivity (Wildman–Crippen MR) is 56.7 cm³/mol. The Kier molecular flexibility index (Phi) is 2.52. The summed E-state index contributed by atoms with van der Waals surface area (Å²) in [4.78, 5) is 12.0. The molecule has 2 nitrogen and oxygen atoms in total. The van der Waals surface area contributed by atoms with Crippen LogP contribution in [0.3, 0.4) is 0 Å². The highest BCUT2D eigenvalue weighted by molar-refractivity contribution is 6.34. The fraction of sp³-hybridized carbons (Fsp3) is 0.364. The van der Waals surface area contributed by atoms with E-state index in [-0.39, 0.29) is 11.3 Å². The smallest absolute Gasteiger partial charge is 0.172 e. The molecule has 0 atom stereocenters. The van der Waals surface area contributed by atoms with Crippen LogP contribution in [-0.2, 0) is 0 Å². The number of carbonyl (C=O) groups is 1. The van der Waals surface area contributed by atoms with Crippen LogP contribution in [0, 0.1) is 11.2 Å². The Morgan fingerprint density at radius 1 is 1.53 bits per heavy atom. The number of carbonyl (C=O) groups excluding carboxylic acids is 1. The van der Waals surface area contributed by atoms with Gasteiger partial charge in [0.2, 0.25) is 0 Å². The second kappa shape index (κ2) is 3.58. The summed E-state index contributed by atoms with van der Waals surface area (Å²) < 4.78 is 13.0. The van der Waals surface area contributed by atoms with Gasteiger partial charge in [-0.2, -0.15) is 0 Å². The van der Waals surface area contributed by atoms with Crippen LogP contribution in [0.5, 0.6) is 0 Å². The number of ketones is 1. The quantitative estimate of drug-likeness (QED) is 0.786. The highest BCUT2D eigenvalue weighted by atomic mass is 35.5. The van der Waals surface area contributed by atoms with Crippen LogP contribution in [0.2, 0.25) is 5.02 Å². The zero-order valence-corrected chi connectivity index (χ0v) is 9.07. The average Bonchev–Trinajstić information content (AvgIpc) is 2.17. The Hall–Kier alpha value is -0.930. The Balaban J connectivity index is 2.36. The molecule has 0 saturated carbocycles. The second-order valence-electron chi connectivity index (χ2n) is 4.12. The number of nitrogens with one attached hydrogen (secondary N) is 1. The first-order valence-electron chi connectivity index (χ1n) is 4.73. The molecule has 80 valence electrons. The van der Waals surface area contributed by atoms with E-state index >= 15 is 0 Å². The Bertz CT molecular complexity index is 415. The van der Waals surface area contributed by atoms with Crippen molar-refractivity contribution in [3.8, 4) is 0 Å². The van der Waals surface area contributed by atoms with E-state index in [1.807, 2.05) is 6.92 Å². The maximum absolute atomic E-state index is 13.0. The molecule has 1 aromatic carbocycles. The lowest BCUT2D eigenvalue weighted by molar-refractivity contribution is 0.0721. The van der Waals surface area contributed by atoms with Gasteiger partial charge >= 0.3 is 0 Å². The Morgan fingerprint density at radius 2 is 2.20 bits per heavy atom. The summed E-state index contributed by atoms with van der Waals surface area (Å²) in [5.74, 6) is -0.524. The molecule has 0 spiro atoms. The van der Waals surface area contributed by atoms with E-state index in [2.05, 4.69) is 5.32 Å². The SMILES string of the molecule is CC1(C(=O)c2cc(F)ccc2Cl)CNC1. The van der Waals surface area contributed by atoms with Gasteiger partial charge in [-0.25, -0.2) is 4.39 Å². The van der Waals surface area contributed by atoms with Gasteiger partial charge in [0.1, 0.15) is 5.82 Å². The summed E-state index contributed by atoms with van der Waals surface area (Å²) in [6, 6.07) is 3.87. The van der Waals surface area contributed by atoms with Crippen molar-refractivity contribution in [3.63, 3.8) is 0 Å². The second-order valence-corrected chi connectivity index (χ2v) is 4.52. The van der Waals surface area contributed by atoms with Gasteiger partial charge in [0, 0.05) is 18.7 Å². The molecule has 0 unspecified atom stereocenters. The molecule has 2 rings (SSSR count). The first kappa shape index (κ1) is 10.6. The lowest BCUT2D eigenvalue weighted by Gasteiger charge is -2.37. The van der Waals surface area contributed by atoms with Gasteiger partial charge in [-0.1, -0.05) is 11.6 Å². The maximum atomic E-state index is 13.0. The van der Waals surface area contributed by atoms with Crippen molar-refractivity contribution < 1.29 is 9.18 Å². The third-order valence-electron chi connectivity index (χ3n) is 2.75. The lowest BCUT2D eigenvalue weighted by Crippen LogP contribution is -2.56. The summed E-state index contributed by atoms with van der Waals surface area (Å²) in [5.41, 5.74) is -0.155. The summed E-state index contributed by atoms with van der Waals surface area (Å²) in [6.07, 6.45) is 0. The van der Waals surface area contributed by atoms with Crippen molar-refractivity contribution in [3.05, 3.63) is 34.6 Å². The van der Waals surface area contributed by atoms with Crippen LogP contribution in [0.25, 0.3) is 0 Å². The van der Waals surface area contributed by atoms with Crippen LogP contribution < -0.4 is 5.32 Å². The van der Waals surface area contributed by atoms with Crippen LogP contribution in [0.4, 0.5) is 4.39 Å². The summed E-state index contributed by atoms with van der Waals surface area (Å²) in [5, 5.41) is 3.34. The fourth-order valence-electron chi connectivity index (χ4n) is 1.66. The molecule has 0 aliphatic carbocycles. The molecule has 0 bridgehead atoms. The number of hydrogen-bond acceptors (Lipinski definition) is 2. The Morgan fingerprint density at radius 3 is 2.73 bits per heavy atom. The molecule has 1 aliphatic heterocycles. The van der Waals surface area contributed by atoms with E-state index in [0.29, 0.717) is 18.1 Å². The summed E-state index contributed by atoms with van der Waals surface area (Å²) in [6.45, 7) is 3.10. The fourth-order valence-corrected chi connectivity index (χ4v) is 1.86. The first-order chi connectivity index (χ1) is 7.03. The van der Waals surface area contributed by atoms with Gasteiger partial charge in [0.05, 0.1) is 10.4 Å². The lowest BCUT2D eigenvalue weighted by atomic mass is 9.77. The third kappa shape index (κ3) is 1.77. The third-order valence-corrected chi connectivity index (χ3v) is 3.08. The van der Waals surface area contributed by atoms with Crippen molar-refractivity contribution in [1.82, 2.24) is 5.32 Å². The minimum atomic E-state index is -0.433. The van der Waals surface area contributed by atoms with Crippen molar-refractivity contribution in [1.29, 1.82) is 0 Å². The highest BCUT2D eigenvalue weighted by Gasteiger charge is 2.40. The molecular weight excluding hydrogens is 217 g/mol. The van der Waals surface area contributed by atoms with Gasteiger partial charge < -0.3 is 5.32 Å². The average molecular weight is 228 g/mol. The molecule has 1 aliphatic rings. The molecule has 0 amide bonds. The Labute approximate surface area is 92.4 Å². The van der Waals surface area contributed by atoms with Gasteiger partial charge in [0.25, 0.3) is 0 Å². The van der Waals surface area contributed by atoms with Gasteiger partial charge in [0.15, 0.2) is 5.78 Å². The van der Waals surface area contributed by atoms with Crippen molar-refractivity contribution in [2.24, 2.45) is 5.41 Å². The molecule has 0 aromatic heterocycles. The first-order valence-corrected chi connectivity index (χ1v) is 5.11. The number of Topliss-reactive ketones (excluding diaryl/α,β-unsaturated/α-hetero) is 1. The molecule has 1 aromatic rings. The molecule has 15 heavy (non-hydrogen) atoms. The monoisotopic (exact) mass is 227 g/mol. The molecule has 4 heteroatoms. The maximum Gasteiger partial charge on any atom is 0.172 e. The molecule has 1 saturated heterocycles. The van der Waals surface area contributed by atoms with Gasteiger partial charge in [-0.15, -0.1) is 0 Å². The van der Waals surface area contributed by atoms with E-state index in [1.165, 1.54) is 18.2 Å². The van der Waals surface area contributed by atoms with E-state index in [4.69, 9.17) is 11.6 Å². The van der Waals surface area contributed by atoms with Gasteiger partial charge in [-0.05, 0) is 25.1 Å². The molecular formula is C11H11ClFNO. The zero-order chi connectivity index (χ0) is 11.1. The van der Waals surface area contributed by atoms with Crippen LogP contribution >= 0.6 is 11.6 Å². The molecule has 0 radical (unpaired) electrons. The number of rotatable bonds is 2. The number of benzene rings is 1. The molecule has 1 heterocycles. The van der Waals surface area contributed by atoms with E-state index in [9.17, 15) is 9.18 Å². The van der Waals surface area contributed by atoms with E-state index in [1.54, 1.807) is 0 Å². The van der Waals surface area contributed by atoms with Crippen LogP contribution in [-0.4, -0.2) is 18.9 Å². The van der Waals surface area contributed by atoms with Crippen molar-refractivity contribution >= 4 is 17.4 Å². The minimum Gasteiger partial charge on any atom is -0.315 e. The van der Waals surface area contributed by atoms with Crippen LogP contribution in [0.1, 0.15) is 17.3 Å². The topological polar surface area (TPSA) is 29.1 Å². The van der Waals surface area contributed by atoms with Crippen molar-refractivity contribution in [2.75, 3.05) is 13.1 Å². The van der Waals surface area contributed by atoms with Crippen molar-refractivity contribution in [2.45, 2.75) is 6.92 Å². The minimum absolute atomic E-state index is 0.0919. The van der Waals surface area contributed by atoms with Gasteiger partial charge in [-0.3, -0.25) is 4.79 Å². The predicted octanol–water partition coefficient (Wildman–Crippen LogP) is 2.27. The van der Waals surface area contributed by atoms with E-state index < -0.39 is 11.2 Å². The molecule has 1 N–H and O–H groups in total. The summed E-state index contributed by atoms with van der Waals surface area (Å²) in [7, 11) is 0. The highest BCUT2D eigenvalue weighted by Crippen LogP contribution is 2.30. The largest absolute Gasteiger partial charge is 0.315 e. The zero-order valence-electron chi connectivity index (χ0n) is 8.31. The summed E-state index contributed by atoms with van der Waals surface area (Å²) >= 11 is 5.87. The van der Waals surface area contributed by atoms with Crippen LogP contribution in [0.15, 0.2) is 18.2 Å². The van der Waals surface area contributed by atoms with E-state index in [0.717, 1.165) is 0 Å². The molecule has 1 fully saturated rings. The standard InChI is InChI=1S/C11H11ClFNO/c1-11(5-14-6-11)10(15)8-4-7(13)2-3-9(8)12/h2-4,14H,5-6H2,1H3. The number of hydrogen-bond donors (Lipinski definition) is 1. The number of halogens is 2. The normalized spacial score (nSPS) is 18.3.